The van der Waals surface area contributed by atoms with Crippen molar-refractivity contribution in [3.05, 3.63) is 45.1 Å². The van der Waals surface area contributed by atoms with E-state index in [1.165, 1.54) is 16.6 Å². The molecule has 14 heteroatoms. The summed E-state index contributed by atoms with van der Waals surface area (Å²) in [5, 5.41) is 0. The minimum absolute atomic E-state index is 0.116. The quantitative estimate of drug-likeness (QED) is 0.124. The molecule has 1 aliphatic rings. The van der Waals surface area contributed by atoms with Gasteiger partial charge in [0.15, 0.2) is 11.2 Å². The largest absolute Gasteiger partial charge is 0.493 e. The van der Waals surface area contributed by atoms with Crippen molar-refractivity contribution in [1.29, 1.82) is 0 Å². The second kappa shape index (κ2) is 15.8. The fourth-order valence-electron chi connectivity index (χ4n) is 5.86. The summed E-state index contributed by atoms with van der Waals surface area (Å²) in [6.07, 6.45) is 1.18. The standard InChI is InChI=1S/C35H53N5O8Si/c1-10-16-37-30-28(31(41)38(17-11-2)33(37)43)40(23-46-18-19-49(7,8)9)29(36-30)25-12-14-26(15-13-25)47-22-24-20-27(32(42)45-6)39(21-24)34(44)48-35(3,4)5/h12-15,24,27H,10-11,16-23H2,1-9H3. The Labute approximate surface area is 289 Å². The zero-order valence-corrected chi connectivity index (χ0v) is 31.5. The summed E-state index contributed by atoms with van der Waals surface area (Å²) >= 11 is 0. The highest BCUT2D eigenvalue weighted by atomic mass is 28.3. The molecule has 0 spiro atoms. The zero-order chi connectivity index (χ0) is 36.1. The SMILES string of the molecule is CCCn1c(=O)c2c(nc(-c3ccc(OCC4CC(C(=O)OC)N(C(=O)OC(C)(C)C)C4)cc3)n2COCC[Si](C)(C)C)n(CCC)c1=O. The number of fused-ring (bicyclic) bond motifs is 1. The summed E-state index contributed by atoms with van der Waals surface area (Å²) in [6.45, 7) is 18.1. The predicted octanol–water partition coefficient (Wildman–Crippen LogP) is 5.34. The van der Waals surface area contributed by atoms with E-state index >= 15 is 0 Å². The minimum Gasteiger partial charge on any atom is -0.493 e. The predicted molar refractivity (Wildman–Crippen MR) is 191 cm³/mol. The maximum absolute atomic E-state index is 13.8. The molecule has 1 fully saturated rings. The van der Waals surface area contributed by atoms with Crippen molar-refractivity contribution in [2.75, 3.05) is 26.9 Å². The number of rotatable bonds is 14. The van der Waals surface area contributed by atoms with Crippen LogP contribution >= 0.6 is 0 Å². The molecular formula is C35H53N5O8Si. The van der Waals surface area contributed by atoms with Crippen molar-refractivity contribution < 1.29 is 28.5 Å². The van der Waals surface area contributed by atoms with E-state index in [4.69, 9.17) is 23.9 Å². The van der Waals surface area contributed by atoms with Gasteiger partial charge in [0, 0.05) is 45.8 Å². The molecule has 0 aliphatic carbocycles. The van der Waals surface area contributed by atoms with Gasteiger partial charge in [0.25, 0.3) is 5.56 Å². The van der Waals surface area contributed by atoms with Gasteiger partial charge in [0.05, 0.1) is 13.7 Å². The Balaban J connectivity index is 1.61. The van der Waals surface area contributed by atoms with Crippen LogP contribution in [-0.2, 0) is 38.8 Å². The van der Waals surface area contributed by atoms with Crippen LogP contribution < -0.4 is 16.0 Å². The molecule has 3 aromatic rings. The van der Waals surface area contributed by atoms with E-state index in [-0.39, 0.29) is 30.5 Å². The molecule has 0 radical (unpaired) electrons. The molecule has 1 amide bonds. The number of benzene rings is 1. The average Bonchev–Trinajstić information content (AvgIpc) is 3.63. The molecule has 2 aromatic heterocycles. The summed E-state index contributed by atoms with van der Waals surface area (Å²) in [6, 6.07) is 7.58. The highest BCUT2D eigenvalue weighted by Gasteiger charge is 2.42. The van der Waals surface area contributed by atoms with Gasteiger partial charge in [-0.3, -0.25) is 23.4 Å². The Kier molecular flexibility index (Phi) is 12.2. The Morgan fingerprint density at radius 3 is 2.22 bits per heavy atom. The highest BCUT2D eigenvalue weighted by molar-refractivity contribution is 6.76. The van der Waals surface area contributed by atoms with Crippen molar-refractivity contribution >= 4 is 31.3 Å². The van der Waals surface area contributed by atoms with Gasteiger partial charge in [-0.15, -0.1) is 0 Å². The van der Waals surface area contributed by atoms with Crippen LogP contribution in [0, 0.1) is 5.92 Å². The first kappa shape index (κ1) is 37.9. The number of carbonyl (C=O) groups is 2. The minimum atomic E-state index is -1.35. The van der Waals surface area contributed by atoms with Gasteiger partial charge in [0.2, 0.25) is 0 Å². The molecule has 1 aliphatic heterocycles. The van der Waals surface area contributed by atoms with Crippen LogP contribution in [0.4, 0.5) is 4.79 Å². The molecule has 49 heavy (non-hydrogen) atoms. The van der Waals surface area contributed by atoms with Gasteiger partial charge in [-0.25, -0.2) is 19.4 Å². The molecule has 2 unspecified atom stereocenters. The van der Waals surface area contributed by atoms with Gasteiger partial charge in [-0.2, -0.15) is 0 Å². The molecule has 0 bridgehead atoms. The van der Waals surface area contributed by atoms with E-state index < -0.39 is 31.8 Å². The van der Waals surface area contributed by atoms with Crippen molar-refractivity contribution in [2.45, 2.75) is 111 Å². The van der Waals surface area contributed by atoms with E-state index in [9.17, 15) is 19.2 Å². The molecule has 3 heterocycles. The Morgan fingerprint density at radius 1 is 0.980 bits per heavy atom. The average molecular weight is 700 g/mol. The molecule has 0 N–H and O–H groups in total. The first-order valence-corrected chi connectivity index (χ1v) is 20.9. The normalized spacial score (nSPS) is 16.7. The van der Waals surface area contributed by atoms with Crippen LogP contribution in [0.25, 0.3) is 22.6 Å². The van der Waals surface area contributed by atoms with Crippen LogP contribution in [0.5, 0.6) is 5.75 Å². The van der Waals surface area contributed by atoms with Crippen molar-refractivity contribution in [2.24, 2.45) is 5.92 Å². The van der Waals surface area contributed by atoms with Crippen LogP contribution in [0.3, 0.4) is 0 Å². The van der Waals surface area contributed by atoms with Crippen molar-refractivity contribution in [3.63, 3.8) is 0 Å². The van der Waals surface area contributed by atoms with Crippen LogP contribution in [0.1, 0.15) is 53.9 Å². The third-order valence-electron chi connectivity index (χ3n) is 8.31. The summed E-state index contributed by atoms with van der Waals surface area (Å²) in [5.41, 5.74) is 0.00660. The van der Waals surface area contributed by atoms with Crippen LogP contribution in [-0.4, -0.2) is 82.2 Å². The number of carbonyl (C=O) groups excluding carboxylic acids is 2. The van der Waals surface area contributed by atoms with Gasteiger partial charge in [-0.1, -0.05) is 33.5 Å². The summed E-state index contributed by atoms with van der Waals surface area (Å²) in [5.74, 6) is 0.511. The van der Waals surface area contributed by atoms with E-state index in [0.29, 0.717) is 68.2 Å². The number of hydrogen-bond donors (Lipinski definition) is 0. The number of amides is 1. The fraction of sp³-hybridized carbons (Fsp3) is 0.629. The fourth-order valence-corrected chi connectivity index (χ4v) is 6.61. The molecule has 1 aromatic carbocycles. The Bertz CT molecular complexity index is 1730. The second-order valence-electron chi connectivity index (χ2n) is 14.9. The highest BCUT2D eigenvalue weighted by Crippen LogP contribution is 2.29. The van der Waals surface area contributed by atoms with Gasteiger partial charge >= 0.3 is 17.8 Å². The van der Waals surface area contributed by atoms with Gasteiger partial charge < -0.3 is 18.9 Å². The molecule has 0 saturated carbocycles. The number of nitrogens with zero attached hydrogens (tertiary/aromatic N) is 5. The number of aryl methyl sites for hydroxylation is 1. The van der Waals surface area contributed by atoms with Gasteiger partial charge in [-0.05, 0) is 70.3 Å². The second-order valence-corrected chi connectivity index (χ2v) is 20.5. The summed E-state index contributed by atoms with van der Waals surface area (Å²) in [4.78, 5) is 58.8. The molecule has 4 rings (SSSR count). The Hall–Kier alpha value is -3.91. The molecule has 13 nitrogen and oxygen atoms in total. The number of esters is 1. The summed E-state index contributed by atoms with van der Waals surface area (Å²) < 4.78 is 27.4. The number of likely N-dealkylation sites (tertiary alicyclic amines) is 1. The maximum Gasteiger partial charge on any atom is 0.411 e. The van der Waals surface area contributed by atoms with Crippen LogP contribution in [0.2, 0.25) is 25.7 Å². The lowest BCUT2D eigenvalue weighted by Gasteiger charge is -2.27. The van der Waals surface area contributed by atoms with E-state index in [2.05, 4.69) is 19.6 Å². The third kappa shape index (κ3) is 9.21. The molecule has 270 valence electrons. The zero-order valence-electron chi connectivity index (χ0n) is 30.5. The summed E-state index contributed by atoms with van der Waals surface area (Å²) in [7, 11) is -0.0426. The number of ether oxygens (including phenoxy) is 4. The van der Waals surface area contributed by atoms with E-state index in [0.717, 1.165) is 11.6 Å². The molecule has 2 atom stereocenters. The third-order valence-corrected chi connectivity index (χ3v) is 10.0. The van der Waals surface area contributed by atoms with E-state index in [1.54, 1.807) is 29.9 Å². The maximum atomic E-state index is 13.8. The monoisotopic (exact) mass is 699 g/mol. The van der Waals surface area contributed by atoms with Crippen molar-refractivity contribution in [1.82, 2.24) is 23.6 Å². The lowest BCUT2D eigenvalue weighted by Crippen LogP contribution is -2.43. The molecular weight excluding hydrogens is 646 g/mol. The number of methoxy groups -OCH3 is 1. The van der Waals surface area contributed by atoms with Crippen molar-refractivity contribution in [3.8, 4) is 17.1 Å². The topological polar surface area (TPSA) is 136 Å². The number of aromatic nitrogens is 4. The first-order valence-electron chi connectivity index (χ1n) is 17.2. The van der Waals surface area contributed by atoms with Crippen LogP contribution in [0.15, 0.2) is 33.9 Å². The lowest BCUT2D eigenvalue weighted by atomic mass is 10.1. The van der Waals surface area contributed by atoms with Gasteiger partial charge in [0.1, 0.15) is 29.9 Å². The molecule has 1 saturated heterocycles. The Morgan fingerprint density at radius 2 is 1.63 bits per heavy atom. The van der Waals surface area contributed by atoms with E-state index in [1.807, 2.05) is 38.1 Å². The smallest absolute Gasteiger partial charge is 0.411 e. The number of imidazole rings is 1. The lowest BCUT2D eigenvalue weighted by molar-refractivity contribution is -0.145. The number of hydrogen-bond acceptors (Lipinski definition) is 9. The first-order chi connectivity index (χ1) is 23.1.